The zero-order chi connectivity index (χ0) is 16.1. The molecular weight excluding hydrogens is 308 g/mol. The van der Waals surface area contributed by atoms with E-state index in [4.69, 9.17) is 11.6 Å². The van der Waals surface area contributed by atoms with E-state index in [1.165, 1.54) is 0 Å². The summed E-state index contributed by atoms with van der Waals surface area (Å²) in [4.78, 5) is 16.7. The zero-order valence-electron chi connectivity index (χ0n) is 12.3. The van der Waals surface area contributed by atoms with Gasteiger partial charge in [0.15, 0.2) is 0 Å². The van der Waals surface area contributed by atoms with Crippen LogP contribution < -0.4 is 5.32 Å². The number of rotatable bonds is 4. The number of hydrogen-bond donors (Lipinski definition) is 1. The Kier molecular flexibility index (Phi) is 4.69. The van der Waals surface area contributed by atoms with Crippen LogP contribution in [-0.4, -0.2) is 10.9 Å². The number of nitrogens with zero attached hydrogens (tertiary/aromatic N) is 1. The first kappa shape index (κ1) is 15.3. The van der Waals surface area contributed by atoms with Crippen LogP contribution in [0.4, 0.5) is 0 Å². The van der Waals surface area contributed by atoms with Gasteiger partial charge in [0.05, 0.1) is 6.04 Å². The number of benzene rings is 2. The van der Waals surface area contributed by atoms with Crippen molar-refractivity contribution in [2.24, 2.45) is 0 Å². The van der Waals surface area contributed by atoms with E-state index in [0.29, 0.717) is 10.6 Å². The predicted octanol–water partition coefficient (Wildman–Crippen LogP) is 4.25. The average molecular weight is 323 g/mol. The lowest BCUT2D eigenvalue weighted by molar-refractivity contribution is 0.0943. The van der Waals surface area contributed by atoms with Crippen molar-refractivity contribution in [1.82, 2.24) is 10.3 Å². The summed E-state index contributed by atoms with van der Waals surface area (Å²) >= 11 is 5.96. The minimum absolute atomic E-state index is 0.130. The van der Waals surface area contributed by atoms with E-state index >= 15 is 0 Å². The first-order chi connectivity index (χ1) is 11.2. The van der Waals surface area contributed by atoms with Crippen molar-refractivity contribution in [1.29, 1.82) is 0 Å². The molecule has 1 unspecified atom stereocenters. The van der Waals surface area contributed by atoms with Crippen molar-refractivity contribution < 1.29 is 4.79 Å². The molecule has 114 valence electrons. The second-order valence-electron chi connectivity index (χ2n) is 5.11. The largest absolute Gasteiger partial charge is 0.341 e. The van der Waals surface area contributed by atoms with Crippen molar-refractivity contribution in [2.75, 3.05) is 0 Å². The number of hydrogen-bond acceptors (Lipinski definition) is 2. The molecule has 0 radical (unpaired) electrons. The Morgan fingerprint density at radius 2 is 1.65 bits per heavy atom. The number of carbonyl (C=O) groups excluding carboxylic acids is 1. The minimum atomic E-state index is -0.284. The molecule has 23 heavy (non-hydrogen) atoms. The molecular formula is C19H15ClN2O. The van der Waals surface area contributed by atoms with Gasteiger partial charge in [-0.05, 0) is 41.5 Å². The Bertz CT molecular complexity index is 773. The molecule has 1 amide bonds. The van der Waals surface area contributed by atoms with E-state index in [1.54, 1.807) is 24.5 Å². The second kappa shape index (κ2) is 7.07. The van der Waals surface area contributed by atoms with Gasteiger partial charge in [-0.3, -0.25) is 9.78 Å². The lowest BCUT2D eigenvalue weighted by Gasteiger charge is -2.19. The third-order valence-electron chi connectivity index (χ3n) is 3.53. The van der Waals surface area contributed by atoms with Gasteiger partial charge in [0.25, 0.3) is 5.91 Å². The highest BCUT2D eigenvalue weighted by molar-refractivity contribution is 6.30. The molecule has 1 heterocycles. The summed E-state index contributed by atoms with van der Waals surface area (Å²) in [5.74, 6) is -0.130. The second-order valence-corrected chi connectivity index (χ2v) is 5.55. The van der Waals surface area contributed by atoms with Crippen LogP contribution in [0.5, 0.6) is 0 Å². The van der Waals surface area contributed by atoms with Crippen LogP contribution in [0.1, 0.15) is 27.5 Å². The van der Waals surface area contributed by atoms with Crippen LogP contribution in [0, 0.1) is 0 Å². The molecule has 0 fully saturated rings. The molecule has 0 bridgehead atoms. The highest BCUT2D eigenvalue weighted by Gasteiger charge is 2.17. The molecule has 0 spiro atoms. The fraction of sp³-hybridized carbons (Fsp3) is 0.0526. The molecule has 0 aliphatic carbocycles. The van der Waals surface area contributed by atoms with Gasteiger partial charge in [-0.25, -0.2) is 0 Å². The van der Waals surface area contributed by atoms with Crippen LogP contribution in [0.2, 0.25) is 5.02 Å². The van der Waals surface area contributed by atoms with E-state index in [2.05, 4.69) is 10.3 Å². The van der Waals surface area contributed by atoms with Gasteiger partial charge in [0.2, 0.25) is 0 Å². The molecule has 0 aliphatic rings. The van der Waals surface area contributed by atoms with E-state index in [1.807, 2.05) is 54.6 Å². The minimum Gasteiger partial charge on any atom is -0.341 e. The van der Waals surface area contributed by atoms with Gasteiger partial charge in [-0.1, -0.05) is 48.0 Å². The molecule has 0 saturated heterocycles. The summed E-state index contributed by atoms with van der Waals surface area (Å²) in [5, 5.41) is 3.72. The number of amides is 1. The molecule has 3 rings (SSSR count). The smallest absolute Gasteiger partial charge is 0.252 e. The van der Waals surface area contributed by atoms with Crippen molar-refractivity contribution >= 4 is 17.5 Å². The monoisotopic (exact) mass is 322 g/mol. The van der Waals surface area contributed by atoms with Crippen molar-refractivity contribution in [3.63, 3.8) is 0 Å². The number of carbonyl (C=O) groups is 1. The Labute approximate surface area is 140 Å². The van der Waals surface area contributed by atoms with Gasteiger partial charge in [-0.15, -0.1) is 0 Å². The topological polar surface area (TPSA) is 42.0 Å². The van der Waals surface area contributed by atoms with E-state index in [9.17, 15) is 4.79 Å². The first-order valence-electron chi connectivity index (χ1n) is 7.25. The Hall–Kier alpha value is -2.65. The Balaban J connectivity index is 1.93. The molecule has 3 aromatic rings. The van der Waals surface area contributed by atoms with Crippen molar-refractivity contribution in [3.05, 3.63) is 101 Å². The fourth-order valence-electron chi connectivity index (χ4n) is 2.37. The van der Waals surface area contributed by atoms with Gasteiger partial charge >= 0.3 is 0 Å². The standard InChI is InChI=1S/C19H15ClN2O/c20-17-10-8-14(9-11-17)18(16-7-4-12-21-13-16)22-19(23)15-5-2-1-3-6-15/h1-13,18H,(H,22,23). The predicted molar refractivity (Wildman–Crippen MR) is 91.4 cm³/mol. The maximum atomic E-state index is 12.5. The van der Waals surface area contributed by atoms with Crippen molar-refractivity contribution in [3.8, 4) is 0 Å². The third-order valence-corrected chi connectivity index (χ3v) is 3.78. The maximum Gasteiger partial charge on any atom is 0.252 e. The molecule has 2 aromatic carbocycles. The van der Waals surface area contributed by atoms with Crippen LogP contribution in [-0.2, 0) is 0 Å². The molecule has 3 nitrogen and oxygen atoms in total. The Morgan fingerprint density at radius 3 is 2.30 bits per heavy atom. The SMILES string of the molecule is O=C(NC(c1ccc(Cl)cc1)c1cccnc1)c1ccccc1. The van der Waals surface area contributed by atoms with E-state index < -0.39 is 0 Å². The summed E-state index contributed by atoms with van der Waals surface area (Å²) < 4.78 is 0. The van der Waals surface area contributed by atoms with Gasteiger partial charge in [0.1, 0.15) is 0 Å². The van der Waals surface area contributed by atoms with Gasteiger partial charge in [0, 0.05) is 23.0 Å². The number of halogens is 1. The lowest BCUT2D eigenvalue weighted by Crippen LogP contribution is -2.29. The summed E-state index contributed by atoms with van der Waals surface area (Å²) in [7, 11) is 0. The quantitative estimate of drug-likeness (QED) is 0.780. The highest BCUT2D eigenvalue weighted by Crippen LogP contribution is 2.23. The molecule has 1 aromatic heterocycles. The summed E-state index contributed by atoms with van der Waals surface area (Å²) in [6.07, 6.45) is 3.46. The maximum absolute atomic E-state index is 12.5. The van der Waals surface area contributed by atoms with E-state index in [0.717, 1.165) is 11.1 Å². The molecule has 1 atom stereocenters. The van der Waals surface area contributed by atoms with Crippen LogP contribution in [0.3, 0.4) is 0 Å². The normalized spacial score (nSPS) is 11.7. The number of aromatic nitrogens is 1. The molecule has 4 heteroatoms. The molecule has 1 N–H and O–H groups in total. The molecule has 0 aliphatic heterocycles. The fourth-order valence-corrected chi connectivity index (χ4v) is 2.49. The van der Waals surface area contributed by atoms with E-state index in [-0.39, 0.29) is 11.9 Å². The zero-order valence-corrected chi connectivity index (χ0v) is 13.1. The lowest BCUT2D eigenvalue weighted by atomic mass is 9.99. The summed E-state index contributed by atoms with van der Waals surface area (Å²) in [6.45, 7) is 0. The van der Waals surface area contributed by atoms with Gasteiger partial charge in [-0.2, -0.15) is 0 Å². The molecule has 0 saturated carbocycles. The van der Waals surface area contributed by atoms with Crippen LogP contribution in [0.15, 0.2) is 79.1 Å². The highest BCUT2D eigenvalue weighted by atomic mass is 35.5. The Morgan fingerprint density at radius 1 is 0.913 bits per heavy atom. The summed E-state index contributed by atoms with van der Waals surface area (Å²) in [6, 6.07) is 20.1. The van der Waals surface area contributed by atoms with Crippen molar-refractivity contribution in [2.45, 2.75) is 6.04 Å². The van der Waals surface area contributed by atoms with Gasteiger partial charge < -0.3 is 5.32 Å². The number of nitrogens with one attached hydrogen (secondary N) is 1. The number of pyridine rings is 1. The summed E-state index contributed by atoms with van der Waals surface area (Å²) in [5.41, 5.74) is 2.49. The first-order valence-corrected chi connectivity index (χ1v) is 7.63. The third kappa shape index (κ3) is 3.76. The average Bonchev–Trinajstić information content (AvgIpc) is 2.62. The van der Waals surface area contributed by atoms with Crippen LogP contribution >= 0.6 is 11.6 Å². The van der Waals surface area contributed by atoms with Crippen LogP contribution in [0.25, 0.3) is 0 Å².